The normalized spacial score (nSPS) is 18.9. The summed E-state index contributed by atoms with van der Waals surface area (Å²) in [7, 11) is 0. The van der Waals surface area contributed by atoms with Gasteiger partial charge in [-0.15, -0.1) is 0 Å². The molecule has 2 aromatic heterocycles. The highest BCUT2D eigenvalue weighted by molar-refractivity contribution is 7.71. The molecule has 1 aromatic carbocycles. The molecule has 0 saturated heterocycles. The number of nitrogens with one attached hydrogen (secondary N) is 1. The molecule has 0 bridgehead atoms. The molecule has 1 aliphatic carbocycles. The third-order valence-corrected chi connectivity index (χ3v) is 5.09. The number of aromatic amines is 1. The van der Waals surface area contributed by atoms with Gasteiger partial charge in [-0.05, 0) is 62.2 Å². The molecule has 1 saturated carbocycles. The Hall–Kier alpha value is -2.67. The van der Waals surface area contributed by atoms with Gasteiger partial charge in [0, 0.05) is 5.92 Å². The van der Waals surface area contributed by atoms with Crippen LogP contribution in [0.25, 0.3) is 0 Å². The fraction of sp³-hybridized carbons (Fsp3) is 0.350. The zero-order valence-electron chi connectivity index (χ0n) is 15.6. The first kappa shape index (κ1) is 17.7. The molecule has 2 atom stereocenters. The molecule has 0 unspecified atom stereocenters. The van der Waals surface area contributed by atoms with Crippen molar-refractivity contribution in [3.63, 3.8) is 0 Å². The summed E-state index contributed by atoms with van der Waals surface area (Å²) >= 11 is 5.28. The SMILES string of the molecule is Cc1ccc(OCc2n[nH]c(=S)n2/N=C\c2ccc([C@H]3C[C@@H]3C)o2)c(C)c1. The van der Waals surface area contributed by atoms with Crippen molar-refractivity contribution in [2.24, 2.45) is 11.0 Å². The Labute approximate surface area is 162 Å². The molecule has 0 amide bonds. The summed E-state index contributed by atoms with van der Waals surface area (Å²) in [5.41, 5.74) is 2.28. The number of H-pyrrole nitrogens is 1. The molecule has 3 aromatic rings. The van der Waals surface area contributed by atoms with Crippen LogP contribution in [0.3, 0.4) is 0 Å². The number of nitrogens with zero attached hydrogens (tertiary/aromatic N) is 3. The molecule has 0 radical (unpaired) electrons. The molecule has 1 aliphatic rings. The maximum atomic E-state index is 5.89. The van der Waals surface area contributed by atoms with Crippen molar-refractivity contribution in [3.05, 3.63) is 63.6 Å². The van der Waals surface area contributed by atoms with Crippen molar-refractivity contribution >= 4 is 18.4 Å². The van der Waals surface area contributed by atoms with E-state index in [4.69, 9.17) is 21.4 Å². The van der Waals surface area contributed by atoms with Gasteiger partial charge in [0.2, 0.25) is 4.77 Å². The molecular weight excluding hydrogens is 360 g/mol. The molecule has 0 aliphatic heterocycles. The summed E-state index contributed by atoms with van der Waals surface area (Å²) in [6.45, 7) is 6.57. The lowest BCUT2D eigenvalue weighted by atomic mass is 10.1. The average Bonchev–Trinajstić information content (AvgIpc) is 3.03. The van der Waals surface area contributed by atoms with Gasteiger partial charge in [-0.2, -0.15) is 14.9 Å². The zero-order valence-corrected chi connectivity index (χ0v) is 16.4. The fourth-order valence-electron chi connectivity index (χ4n) is 3.11. The standard InChI is InChI=1S/C20H22N4O2S/c1-12-4-6-17(14(3)8-12)25-11-19-22-23-20(27)24(19)21-10-15-5-7-18(26-15)16-9-13(16)2/h4-8,10,13,16H,9,11H2,1-3H3,(H,23,27)/b21-10-/t13-,16-/m0/s1. The number of furan rings is 1. The van der Waals surface area contributed by atoms with Crippen molar-refractivity contribution in [1.29, 1.82) is 0 Å². The summed E-state index contributed by atoms with van der Waals surface area (Å²) < 4.78 is 13.7. The Morgan fingerprint density at radius 3 is 2.93 bits per heavy atom. The minimum Gasteiger partial charge on any atom is -0.485 e. The molecule has 2 heterocycles. The molecule has 140 valence electrons. The molecule has 1 fully saturated rings. The number of aryl methyl sites for hydroxylation is 2. The predicted octanol–water partition coefficient (Wildman–Crippen LogP) is 4.74. The lowest BCUT2D eigenvalue weighted by molar-refractivity contribution is 0.288. The minimum atomic E-state index is 0.261. The number of hydrogen-bond acceptors (Lipinski definition) is 5. The molecule has 4 rings (SSSR count). The number of aromatic nitrogens is 3. The van der Waals surface area contributed by atoms with Crippen molar-refractivity contribution in [2.75, 3.05) is 0 Å². The summed E-state index contributed by atoms with van der Waals surface area (Å²) in [4.78, 5) is 0. The van der Waals surface area contributed by atoms with Crippen LogP contribution < -0.4 is 4.74 Å². The average molecular weight is 382 g/mol. The summed E-state index contributed by atoms with van der Waals surface area (Å²) in [6, 6.07) is 10.0. The van der Waals surface area contributed by atoms with E-state index < -0.39 is 0 Å². The van der Waals surface area contributed by atoms with Gasteiger partial charge in [0.15, 0.2) is 5.82 Å². The van der Waals surface area contributed by atoms with E-state index in [1.165, 1.54) is 12.0 Å². The van der Waals surface area contributed by atoms with E-state index >= 15 is 0 Å². The van der Waals surface area contributed by atoms with Gasteiger partial charge in [-0.1, -0.05) is 24.6 Å². The Bertz CT molecular complexity index is 1050. The number of ether oxygens (including phenoxy) is 1. The van der Waals surface area contributed by atoms with Crippen LogP contribution in [-0.2, 0) is 6.61 Å². The van der Waals surface area contributed by atoms with Crippen molar-refractivity contribution < 1.29 is 9.15 Å². The summed E-state index contributed by atoms with van der Waals surface area (Å²) in [6.07, 6.45) is 2.85. The second kappa shape index (κ2) is 7.15. The Balaban J connectivity index is 1.48. The van der Waals surface area contributed by atoms with Gasteiger partial charge in [0.25, 0.3) is 0 Å². The molecule has 6 nitrogen and oxygen atoms in total. The first-order chi connectivity index (χ1) is 13.0. The molecule has 27 heavy (non-hydrogen) atoms. The molecule has 1 N–H and O–H groups in total. The van der Waals surface area contributed by atoms with E-state index in [2.05, 4.69) is 35.2 Å². The maximum Gasteiger partial charge on any atom is 0.216 e. The zero-order chi connectivity index (χ0) is 19.0. The van der Waals surface area contributed by atoms with Crippen molar-refractivity contribution in [3.8, 4) is 5.75 Å². The van der Waals surface area contributed by atoms with E-state index in [0.29, 0.717) is 28.2 Å². The molecular formula is C20H22N4O2S. The monoisotopic (exact) mass is 382 g/mol. The smallest absolute Gasteiger partial charge is 0.216 e. The van der Waals surface area contributed by atoms with Gasteiger partial charge in [-0.3, -0.25) is 0 Å². The van der Waals surface area contributed by atoms with E-state index in [0.717, 1.165) is 17.1 Å². The summed E-state index contributed by atoms with van der Waals surface area (Å²) in [5, 5.41) is 11.4. The lowest BCUT2D eigenvalue weighted by Gasteiger charge is -2.09. The van der Waals surface area contributed by atoms with Crippen LogP contribution in [-0.4, -0.2) is 21.1 Å². The van der Waals surface area contributed by atoms with E-state index in [1.54, 1.807) is 10.9 Å². The van der Waals surface area contributed by atoms with E-state index in [9.17, 15) is 0 Å². The quantitative estimate of drug-likeness (QED) is 0.494. The Morgan fingerprint density at radius 1 is 1.37 bits per heavy atom. The highest BCUT2D eigenvalue weighted by Gasteiger charge is 2.36. The number of hydrogen-bond donors (Lipinski definition) is 1. The Kier molecular flexibility index (Phi) is 4.70. The lowest BCUT2D eigenvalue weighted by Crippen LogP contribution is -2.05. The highest BCUT2D eigenvalue weighted by Crippen LogP contribution is 2.47. The van der Waals surface area contributed by atoms with E-state index in [-0.39, 0.29) is 6.61 Å². The third kappa shape index (κ3) is 3.88. The molecule has 7 heteroatoms. The maximum absolute atomic E-state index is 5.89. The van der Waals surface area contributed by atoms with Gasteiger partial charge >= 0.3 is 0 Å². The van der Waals surface area contributed by atoms with Crippen molar-refractivity contribution in [1.82, 2.24) is 14.9 Å². The number of rotatable bonds is 6. The predicted molar refractivity (Wildman–Crippen MR) is 106 cm³/mol. The van der Waals surface area contributed by atoms with Gasteiger partial charge < -0.3 is 9.15 Å². The third-order valence-electron chi connectivity index (χ3n) is 4.83. The first-order valence-corrected chi connectivity index (χ1v) is 9.42. The molecule has 0 spiro atoms. The van der Waals surface area contributed by atoms with Crippen molar-refractivity contribution in [2.45, 2.75) is 39.7 Å². The van der Waals surface area contributed by atoms with Crippen LogP contribution in [0.5, 0.6) is 5.75 Å². The second-order valence-electron chi connectivity index (χ2n) is 7.12. The van der Waals surface area contributed by atoms with Crippen LogP contribution in [0.2, 0.25) is 0 Å². The second-order valence-corrected chi connectivity index (χ2v) is 7.51. The van der Waals surface area contributed by atoms with Crippen LogP contribution in [0.4, 0.5) is 0 Å². The summed E-state index contributed by atoms with van der Waals surface area (Å²) in [5.74, 6) is 4.40. The van der Waals surface area contributed by atoms with Crippen LogP contribution >= 0.6 is 12.2 Å². The number of benzene rings is 1. The van der Waals surface area contributed by atoms with Gasteiger partial charge in [-0.25, -0.2) is 5.10 Å². The Morgan fingerprint density at radius 2 is 2.19 bits per heavy atom. The van der Waals surface area contributed by atoms with Crippen LogP contribution in [0.1, 0.15) is 47.7 Å². The van der Waals surface area contributed by atoms with E-state index in [1.807, 2.05) is 31.2 Å². The van der Waals surface area contributed by atoms with Crippen LogP contribution in [0, 0.1) is 24.5 Å². The minimum absolute atomic E-state index is 0.261. The highest BCUT2D eigenvalue weighted by atomic mass is 32.1. The van der Waals surface area contributed by atoms with Gasteiger partial charge in [0.05, 0.1) is 6.21 Å². The topological polar surface area (TPSA) is 68.3 Å². The fourth-order valence-corrected chi connectivity index (χ4v) is 3.31. The largest absolute Gasteiger partial charge is 0.485 e. The van der Waals surface area contributed by atoms with Crippen LogP contribution in [0.15, 0.2) is 39.9 Å². The first-order valence-electron chi connectivity index (χ1n) is 9.01. The van der Waals surface area contributed by atoms with Gasteiger partial charge in [0.1, 0.15) is 23.9 Å².